The molecule has 0 bridgehead atoms. The molecule has 0 aliphatic carbocycles. The van der Waals surface area contributed by atoms with Crippen molar-refractivity contribution in [2.75, 3.05) is 18.6 Å². The van der Waals surface area contributed by atoms with Crippen molar-refractivity contribution in [1.82, 2.24) is 0 Å². The second kappa shape index (κ2) is 9.19. The smallest absolute Gasteiger partial charge is 0.343 e. The highest BCUT2D eigenvalue weighted by Gasteiger charge is 2.26. The van der Waals surface area contributed by atoms with Gasteiger partial charge in [0.25, 0.3) is 5.91 Å². The normalized spacial score (nSPS) is 12.6. The van der Waals surface area contributed by atoms with E-state index in [0.29, 0.717) is 23.4 Å². The average Bonchev–Trinajstić information content (AvgIpc) is 3.27. The Balaban J connectivity index is 1.57. The lowest BCUT2D eigenvalue weighted by molar-refractivity contribution is -0.114. The first-order valence-corrected chi connectivity index (χ1v) is 10.1. The van der Waals surface area contributed by atoms with Gasteiger partial charge in [-0.25, -0.2) is 4.79 Å². The zero-order chi connectivity index (χ0) is 22.5. The van der Waals surface area contributed by atoms with E-state index < -0.39 is 5.97 Å². The molecule has 1 heterocycles. The maximum Gasteiger partial charge on any atom is 0.343 e. The van der Waals surface area contributed by atoms with Gasteiger partial charge in [0.1, 0.15) is 11.6 Å². The van der Waals surface area contributed by atoms with Gasteiger partial charge in [-0.05, 0) is 54.0 Å². The van der Waals surface area contributed by atoms with E-state index in [9.17, 15) is 14.9 Å². The Morgan fingerprint density at radius 3 is 2.50 bits per heavy atom. The lowest BCUT2D eigenvalue weighted by Crippen LogP contribution is -2.29. The van der Waals surface area contributed by atoms with Crippen molar-refractivity contribution in [3.05, 3.63) is 95.1 Å². The summed E-state index contributed by atoms with van der Waals surface area (Å²) in [5, 5.41) is 9.63. The predicted octanol–water partition coefficient (Wildman–Crippen LogP) is 4.41. The summed E-state index contributed by atoms with van der Waals surface area (Å²) < 4.78 is 10.8. The van der Waals surface area contributed by atoms with Crippen molar-refractivity contribution >= 4 is 23.6 Å². The minimum Gasteiger partial charge on any atom is -0.493 e. The molecule has 0 atom stereocenters. The number of carbonyl (C=O) groups is 2. The van der Waals surface area contributed by atoms with Gasteiger partial charge >= 0.3 is 5.97 Å². The zero-order valence-corrected chi connectivity index (χ0v) is 17.4. The summed E-state index contributed by atoms with van der Waals surface area (Å²) in [4.78, 5) is 27.0. The Labute approximate surface area is 185 Å². The fraction of sp³-hybridized carbons (Fsp3) is 0.115. The minimum atomic E-state index is -0.507. The first-order valence-electron chi connectivity index (χ1n) is 10.1. The van der Waals surface area contributed by atoms with Gasteiger partial charge in [0.2, 0.25) is 0 Å². The van der Waals surface area contributed by atoms with E-state index in [0.717, 1.165) is 17.7 Å². The number of ether oxygens (including phenoxy) is 2. The van der Waals surface area contributed by atoms with Crippen molar-refractivity contribution in [1.29, 1.82) is 5.26 Å². The van der Waals surface area contributed by atoms with Gasteiger partial charge in [0, 0.05) is 12.2 Å². The first-order chi connectivity index (χ1) is 15.6. The number of benzene rings is 3. The summed E-state index contributed by atoms with van der Waals surface area (Å²) in [5.74, 6) is -0.292. The molecule has 3 aromatic rings. The molecule has 6 nitrogen and oxygen atoms in total. The fourth-order valence-corrected chi connectivity index (χ4v) is 3.59. The third-order valence-corrected chi connectivity index (χ3v) is 5.19. The molecule has 3 aromatic carbocycles. The Kier molecular flexibility index (Phi) is 6.00. The van der Waals surface area contributed by atoms with E-state index >= 15 is 0 Å². The third-order valence-electron chi connectivity index (χ3n) is 5.19. The number of hydrogen-bond donors (Lipinski definition) is 0. The topological polar surface area (TPSA) is 79.6 Å². The van der Waals surface area contributed by atoms with Crippen LogP contribution in [0.15, 0.2) is 78.4 Å². The number of methoxy groups -OCH3 is 1. The van der Waals surface area contributed by atoms with Crippen LogP contribution in [-0.4, -0.2) is 25.5 Å². The number of rotatable bonds is 5. The van der Waals surface area contributed by atoms with E-state index in [4.69, 9.17) is 9.47 Å². The molecule has 1 amide bonds. The predicted molar refractivity (Wildman–Crippen MR) is 120 cm³/mol. The van der Waals surface area contributed by atoms with Crippen molar-refractivity contribution in [2.45, 2.75) is 6.42 Å². The maximum atomic E-state index is 13.0. The number of para-hydroxylation sites is 1. The molecule has 158 valence electrons. The summed E-state index contributed by atoms with van der Waals surface area (Å²) in [6, 6.07) is 23.2. The average molecular weight is 424 g/mol. The van der Waals surface area contributed by atoms with Crippen molar-refractivity contribution in [2.24, 2.45) is 0 Å². The van der Waals surface area contributed by atoms with Gasteiger partial charge in [-0.3, -0.25) is 4.79 Å². The molecule has 1 aliphatic rings. The molecule has 0 N–H and O–H groups in total. The fourth-order valence-electron chi connectivity index (χ4n) is 3.59. The summed E-state index contributed by atoms with van der Waals surface area (Å²) in [5.41, 5.74) is 2.93. The van der Waals surface area contributed by atoms with E-state index in [1.165, 1.54) is 13.2 Å². The number of nitrogens with zero attached hydrogens (tertiary/aromatic N) is 2. The monoisotopic (exact) mass is 424 g/mol. The summed E-state index contributed by atoms with van der Waals surface area (Å²) in [7, 11) is 1.46. The van der Waals surface area contributed by atoms with Crippen LogP contribution >= 0.6 is 0 Å². The summed E-state index contributed by atoms with van der Waals surface area (Å²) >= 11 is 0. The Morgan fingerprint density at radius 2 is 1.75 bits per heavy atom. The molecule has 0 unspecified atom stereocenters. The van der Waals surface area contributed by atoms with Gasteiger partial charge < -0.3 is 14.4 Å². The lowest BCUT2D eigenvalue weighted by atomic mass is 10.1. The number of anilines is 1. The number of hydrogen-bond acceptors (Lipinski definition) is 5. The van der Waals surface area contributed by atoms with E-state index in [1.807, 2.05) is 36.4 Å². The Morgan fingerprint density at radius 1 is 1.00 bits per heavy atom. The number of amides is 1. The molecule has 6 heteroatoms. The highest BCUT2D eigenvalue weighted by Crippen LogP contribution is 2.31. The Hall–Kier alpha value is -4.37. The molecular formula is C26H20N2O4. The highest BCUT2D eigenvalue weighted by atomic mass is 16.6. The Bertz CT molecular complexity index is 1240. The minimum absolute atomic E-state index is 0.0118. The lowest BCUT2D eigenvalue weighted by Gasteiger charge is -2.16. The van der Waals surface area contributed by atoms with Gasteiger partial charge in [0.15, 0.2) is 11.5 Å². The van der Waals surface area contributed by atoms with Crippen molar-refractivity contribution in [3.63, 3.8) is 0 Å². The molecule has 0 fully saturated rings. The van der Waals surface area contributed by atoms with E-state index in [-0.39, 0.29) is 17.2 Å². The number of fused-ring (bicyclic) bond motifs is 1. The second-order valence-electron chi connectivity index (χ2n) is 7.17. The molecule has 0 radical (unpaired) electrons. The van der Waals surface area contributed by atoms with Gasteiger partial charge in [-0.15, -0.1) is 0 Å². The summed E-state index contributed by atoms with van der Waals surface area (Å²) in [6.45, 7) is 0.537. The molecule has 4 rings (SSSR count). The van der Waals surface area contributed by atoms with Crippen LogP contribution in [0.3, 0.4) is 0 Å². The molecule has 0 saturated heterocycles. The number of nitriles is 1. The van der Waals surface area contributed by atoms with Gasteiger partial charge in [0.05, 0.1) is 12.7 Å². The standard InChI is InChI=1S/C26H20N2O4/c1-31-24-16-18(11-12-23(24)32-26(30)20-8-3-2-4-9-20)15-21(17-27)25(29)28-14-13-19-7-5-6-10-22(19)28/h2-12,15-16H,13-14H2,1H3. The summed E-state index contributed by atoms with van der Waals surface area (Å²) in [6.07, 6.45) is 2.27. The third kappa shape index (κ3) is 4.23. The molecule has 0 aromatic heterocycles. The number of carbonyl (C=O) groups excluding carboxylic acids is 2. The van der Waals surface area contributed by atoms with Crippen LogP contribution in [0.25, 0.3) is 6.08 Å². The molecule has 1 aliphatic heterocycles. The van der Waals surface area contributed by atoms with Crippen LogP contribution in [0.2, 0.25) is 0 Å². The van der Waals surface area contributed by atoms with Crippen LogP contribution in [0, 0.1) is 11.3 Å². The van der Waals surface area contributed by atoms with Crippen LogP contribution in [0.4, 0.5) is 5.69 Å². The van der Waals surface area contributed by atoms with Crippen LogP contribution in [-0.2, 0) is 11.2 Å². The first kappa shape index (κ1) is 20.9. The van der Waals surface area contributed by atoms with Crippen LogP contribution in [0.5, 0.6) is 11.5 Å². The largest absolute Gasteiger partial charge is 0.493 e. The van der Waals surface area contributed by atoms with Crippen LogP contribution in [0.1, 0.15) is 21.5 Å². The van der Waals surface area contributed by atoms with E-state index in [2.05, 4.69) is 0 Å². The molecule has 0 saturated carbocycles. The highest BCUT2D eigenvalue weighted by molar-refractivity contribution is 6.12. The SMILES string of the molecule is COc1cc(C=C(C#N)C(=O)N2CCc3ccccc32)ccc1OC(=O)c1ccccc1. The van der Waals surface area contributed by atoms with Gasteiger partial charge in [-0.2, -0.15) is 5.26 Å². The van der Waals surface area contributed by atoms with Crippen molar-refractivity contribution in [3.8, 4) is 17.6 Å². The number of esters is 1. The van der Waals surface area contributed by atoms with Crippen LogP contribution < -0.4 is 14.4 Å². The zero-order valence-electron chi connectivity index (χ0n) is 17.4. The molecule has 0 spiro atoms. The molecular weight excluding hydrogens is 404 g/mol. The quantitative estimate of drug-likeness (QED) is 0.262. The van der Waals surface area contributed by atoms with Gasteiger partial charge in [-0.1, -0.05) is 42.5 Å². The molecule has 32 heavy (non-hydrogen) atoms. The van der Waals surface area contributed by atoms with E-state index in [1.54, 1.807) is 47.4 Å². The maximum absolute atomic E-state index is 13.0. The van der Waals surface area contributed by atoms with Crippen molar-refractivity contribution < 1.29 is 19.1 Å². The second-order valence-corrected chi connectivity index (χ2v) is 7.17.